The van der Waals surface area contributed by atoms with Gasteiger partial charge in [0, 0.05) is 5.46 Å². The second kappa shape index (κ2) is 5.96. The van der Waals surface area contributed by atoms with Gasteiger partial charge in [-0.2, -0.15) is 35.1 Å². The molecule has 1 aliphatic heterocycles. The van der Waals surface area contributed by atoms with Gasteiger partial charge in [-0.3, -0.25) is 0 Å². The molecule has 0 fully saturated rings. The molecular weight excluding hydrogens is 401 g/mol. The lowest BCUT2D eigenvalue weighted by Crippen LogP contribution is -2.40. The minimum Gasteiger partial charge on any atom is -0.517 e. The Morgan fingerprint density at radius 2 is 0.963 bits per heavy atom. The quantitative estimate of drug-likeness (QED) is 0.303. The third-order valence-corrected chi connectivity index (χ3v) is 3.51. The Bertz CT molecular complexity index is 853. The predicted octanol–water partition coefficient (Wildman–Crippen LogP) is 4.45. The monoisotopic (exact) mass is 404 g/mol. The van der Waals surface area contributed by atoms with Crippen molar-refractivity contribution in [2.75, 3.05) is 0 Å². The molecule has 0 spiro atoms. The Morgan fingerprint density at radius 1 is 0.593 bits per heavy atom. The third-order valence-electron chi connectivity index (χ3n) is 3.51. The number of fused-ring (bicyclic) bond motifs is 1. The smallest absolute Gasteiger partial charge is 0.517 e. The number of hydrogen-bond donors (Lipinski definition) is 0. The van der Waals surface area contributed by atoms with Crippen LogP contribution in [-0.2, 0) is 12.4 Å². The summed E-state index contributed by atoms with van der Waals surface area (Å²) in [6.45, 7) is 0. The second-order valence-corrected chi connectivity index (χ2v) is 5.32. The molecule has 2 nitrogen and oxygen atoms in total. The Morgan fingerprint density at radius 3 is 1.30 bits per heavy atom. The molecule has 27 heavy (non-hydrogen) atoms. The van der Waals surface area contributed by atoms with Crippen molar-refractivity contribution < 1.29 is 53.2 Å². The summed E-state index contributed by atoms with van der Waals surface area (Å²) in [4.78, 5) is 0. The van der Waals surface area contributed by atoms with Gasteiger partial charge in [-0.15, -0.1) is 0 Å². The van der Waals surface area contributed by atoms with Gasteiger partial charge >= 0.3 is 19.5 Å². The summed E-state index contributed by atoms with van der Waals surface area (Å²) in [5.41, 5.74) is -4.41. The minimum atomic E-state index is -5.20. The van der Waals surface area contributed by atoms with Crippen LogP contribution in [0.1, 0.15) is 11.1 Å². The van der Waals surface area contributed by atoms with Gasteiger partial charge < -0.3 is 9.31 Å². The SMILES string of the molecule is Fc1c(F)c(F)c2c(c1F)OB(c1cc(C(F)(F)F)cc(C(F)(F)F)c1)O2. The van der Waals surface area contributed by atoms with Gasteiger partial charge in [-0.05, 0) is 18.2 Å². The zero-order valence-electron chi connectivity index (χ0n) is 12.4. The van der Waals surface area contributed by atoms with Crippen molar-refractivity contribution in [1.82, 2.24) is 0 Å². The zero-order chi connectivity index (χ0) is 20.3. The molecule has 0 saturated carbocycles. The van der Waals surface area contributed by atoms with Gasteiger partial charge in [-0.25, -0.2) is 8.78 Å². The molecule has 2 aromatic carbocycles. The average Bonchev–Trinajstić information content (AvgIpc) is 3.01. The van der Waals surface area contributed by atoms with Crippen LogP contribution in [0.25, 0.3) is 0 Å². The first kappa shape index (κ1) is 19.2. The van der Waals surface area contributed by atoms with Crippen LogP contribution < -0.4 is 14.8 Å². The molecule has 0 radical (unpaired) electrons. The molecule has 3 rings (SSSR count). The van der Waals surface area contributed by atoms with Gasteiger partial charge in [0.1, 0.15) is 0 Å². The number of alkyl halides is 6. The Balaban J connectivity index is 2.10. The van der Waals surface area contributed by atoms with Crippen molar-refractivity contribution in [3.05, 3.63) is 52.6 Å². The Hall–Kier alpha value is -2.60. The summed E-state index contributed by atoms with van der Waals surface area (Å²) in [6.07, 6.45) is -10.4. The molecule has 1 aliphatic rings. The molecule has 0 atom stereocenters. The number of hydrogen-bond acceptors (Lipinski definition) is 2. The first-order valence-electron chi connectivity index (χ1n) is 6.79. The zero-order valence-corrected chi connectivity index (χ0v) is 12.4. The second-order valence-electron chi connectivity index (χ2n) is 5.32. The number of halogens is 10. The van der Waals surface area contributed by atoms with Crippen LogP contribution in [0.3, 0.4) is 0 Å². The van der Waals surface area contributed by atoms with Gasteiger partial charge in [0.15, 0.2) is 11.5 Å². The van der Waals surface area contributed by atoms with E-state index >= 15 is 0 Å². The average molecular weight is 404 g/mol. The number of rotatable bonds is 1. The maximum Gasteiger partial charge on any atom is 0.632 e. The van der Waals surface area contributed by atoms with E-state index in [0.717, 1.165) is 0 Å². The van der Waals surface area contributed by atoms with Gasteiger partial charge in [0.25, 0.3) is 0 Å². The van der Waals surface area contributed by atoms with E-state index in [9.17, 15) is 43.9 Å². The van der Waals surface area contributed by atoms with E-state index in [2.05, 4.69) is 9.31 Å². The highest BCUT2D eigenvalue weighted by atomic mass is 19.4. The van der Waals surface area contributed by atoms with Crippen molar-refractivity contribution in [2.45, 2.75) is 12.4 Å². The minimum absolute atomic E-state index is 0.188. The molecule has 13 heteroatoms. The van der Waals surface area contributed by atoms with Crippen molar-refractivity contribution in [3.63, 3.8) is 0 Å². The number of benzene rings is 2. The largest absolute Gasteiger partial charge is 0.632 e. The molecule has 2 aromatic rings. The van der Waals surface area contributed by atoms with Crippen molar-refractivity contribution >= 4 is 12.6 Å². The van der Waals surface area contributed by atoms with E-state index < -0.39 is 70.8 Å². The van der Waals surface area contributed by atoms with E-state index in [1.54, 1.807) is 0 Å². The standard InChI is InChI=1S/C14H3BF10O2/c16-7-8(17)10(19)12-11(9(7)18)26-15(27-12)6-2-4(13(20,21)22)1-5(3-6)14(23,24)25/h1-3H. The molecule has 0 unspecified atom stereocenters. The maximum atomic E-state index is 13.6. The van der Waals surface area contributed by atoms with Gasteiger partial charge in [0.05, 0.1) is 11.1 Å². The maximum absolute atomic E-state index is 13.6. The summed E-state index contributed by atoms with van der Waals surface area (Å²) >= 11 is 0. The Labute approximate surface area is 143 Å². The van der Waals surface area contributed by atoms with Crippen molar-refractivity contribution in [2.24, 2.45) is 0 Å². The molecule has 144 valence electrons. The first-order valence-corrected chi connectivity index (χ1v) is 6.79. The van der Waals surface area contributed by atoms with Crippen molar-refractivity contribution in [1.29, 1.82) is 0 Å². The van der Waals surface area contributed by atoms with E-state index in [4.69, 9.17) is 0 Å². The molecule has 0 aromatic heterocycles. The fourth-order valence-electron chi connectivity index (χ4n) is 2.29. The topological polar surface area (TPSA) is 18.5 Å². The van der Waals surface area contributed by atoms with Crippen LogP contribution in [0.2, 0.25) is 0 Å². The lowest BCUT2D eigenvalue weighted by Gasteiger charge is -2.14. The third kappa shape index (κ3) is 3.25. The summed E-state index contributed by atoms with van der Waals surface area (Å²) in [5.74, 6) is -11.3. The predicted molar refractivity (Wildman–Crippen MR) is 69.4 cm³/mol. The molecule has 0 amide bonds. The summed E-state index contributed by atoms with van der Waals surface area (Å²) < 4.78 is 140. The molecule has 0 bridgehead atoms. The highest BCUT2D eigenvalue weighted by Crippen LogP contribution is 2.42. The van der Waals surface area contributed by atoms with Crippen LogP contribution in [0.4, 0.5) is 43.9 Å². The van der Waals surface area contributed by atoms with Gasteiger partial charge in [-0.1, -0.05) is 0 Å². The van der Waals surface area contributed by atoms with E-state index in [0.29, 0.717) is 0 Å². The summed E-state index contributed by atoms with van der Waals surface area (Å²) in [6, 6.07) is 0.189. The highest BCUT2D eigenvalue weighted by Gasteiger charge is 2.44. The molecular formula is C14H3BF10O2. The van der Waals surface area contributed by atoms with Crippen LogP contribution in [-0.4, -0.2) is 7.12 Å². The van der Waals surface area contributed by atoms with Crippen molar-refractivity contribution in [3.8, 4) is 11.5 Å². The highest BCUT2D eigenvalue weighted by molar-refractivity contribution is 6.63. The summed E-state index contributed by atoms with van der Waals surface area (Å²) in [5, 5.41) is 0. The molecule has 0 saturated heterocycles. The molecule has 0 aliphatic carbocycles. The lowest BCUT2D eigenvalue weighted by atomic mass is 9.77. The van der Waals surface area contributed by atoms with Gasteiger partial charge in [0.2, 0.25) is 23.3 Å². The summed E-state index contributed by atoms with van der Waals surface area (Å²) in [7, 11) is -2.20. The first-order chi connectivity index (χ1) is 12.3. The van der Waals surface area contributed by atoms with E-state index in [-0.39, 0.29) is 18.2 Å². The molecule has 0 N–H and O–H groups in total. The van der Waals surface area contributed by atoms with Crippen LogP contribution >= 0.6 is 0 Å². The van der Waals surface area contributed by atoms with E-state index in [1.807, 2.05) is 0 Å². The fraction of sp³-hybridized carbons (Fsp3) is 0.143. The Kier molecular flexibility index (Phi) is 4.23. The normalized spacial score (nSPS) is 14.1. The van der Waals surface area contributed by atoms with E-state index in [1.165, 1.54) is 0 Å². The fourth-order valence-corrected chi connectivity index (χ4v) is 2.29. The van der Waals surface area contributed by atoms with Crippen LogP contribution in [0, 0.1) is 23.3 Å². The van der Waals surface area contributed by atoms with Crippen LogP contribution in [0.5, 0.6) is 11.5 Å². The lowest BCUT2D eigenvalue weighted by molar-refractivity contribution is -0.142. The van der Waals surface area contributed by atoms with Crippen LogP contribution in [0.15, 0.2) is 18.2 Å². The molecule has 1 heterocycles.